The predicted molar refractivity (Wildman–Crippen MR) is 124 cm³/mol. The Morgan fingerprint density at radius 3 is 2.53 bits per heavy atom. The molecule has 0 atom stereocenters. The van der Waals surface area contributed by atoms with Gasteiger partial charge in [0, 0.05) is 17.7 Å². The maximum Gasteiger partial charge on any atom is 0.293 e. The minimum absolute atomic E-state index is 0.0432. The Hall–Kier alpha value is -3.65. The molecule has 1 aliphatic heterocycles. The number of rotatable bonds is 7. The van der Waals surface area contributed by atoms with Crippen molar-refractivity contribution in [3.05, 3.63) is 86.8 Å². The van der Waals surface area contributed by atoms with Crippen molar-refractivity contribution in [2.45, 2.75) is 19.9 Å². The van der Waals surface area contributed by atoms with Crippen LogP contribution in [-0.4, -0.2) is 27.6 Å². The molecule has 0 spiro atoms. The van der Waals surface area contributed by atoms with E-state index < -0.39 is 10.8 Å². The maximum atomic E-state index is 13.0. The normalized spacial score (nSPS) is 15.0. The van der Waals surface area contributed by atoms with Crippen LogP contribution in [0.1, 0.15) is 24.5 Å². The van der Waals surface area contributed by atoms with Crippen LogP contribution in [-0.2, 0) is 11.3 Å². The highest BCUT2D eigenvalue weighted by Crippen LogP contribution is 2.37. The van der Waals surface area contributed by atoms with Crippen LogP contribution in [0.2, 0.25) is 0 Å². The molecule has 1 aliphatic rings. The first kappa shape index (κ1) is 21.6. The third kappa shape index (κ3) is 4.36. The smallest absolute Gasteiger partial charge is 0.293 e. The monoisotopic (exact) mass is 448 g/mol. The number of fused-ring (bicyclic) bond motifs is 1. The summed E-state index contributed by atoms with van der Waals surface area (Å²) >= 11 is 0.880. The lowest BCUT2D eigenvalue weighted by atomic mass is 10.0. The van der Waals surface area contributed by atoms with E-state index in [1.165, 1.54) is 12.1 Å². The molecule has 1 fully saturated rings. The number of thioether (sulfide) groups is 1. The summed E-state index contributed by atoms with van der Waals surface area (Å²) in [6.45, 7) is 2.61. The summed E-state index contributed by atoms with van der Waals surface area (Å²) in [6.07, 6.45) is 2.56. The fourth-order valence-electron chi connectivity index (χ4n) is 3.44. The summed E-state index contributed by atoms with van der Waals surface area (Å²) in [6, 6.07) is 17.5. The van der Waals surface area contributed by atoms with Crippen LogP contribution in [0.4, 0.5) is 10.5 Å². The SMILES string of the molecule is CCCOc1ccc2ccccc2c1/C=C1\SC(=O)N(Cc2ccc([N+](=O)[O-])cc2)C1=O. The number of non-ortho nitro benzene ring substituents is 1. The zero-order valence-corrected chi connectivity index (χ0v) is 18.1. The van der Waals surface area contributed by atoms with E-state index in [-0.39, 0.29) is 17.5 Å². The van der Waals surface area contributed by atoms with E-state index >= 15 is 0 Å². The number of imide groups is 1. The standard InChI is InChI=1S/C24H20N2O5S/c1-2-13-31-21-12-9-17-5-3-4-6-19(17)20(21)14-22-23(27)25(24(28)32-22)15-16-7-10-18(11-8-16)26(29)30/h3-12,14H,2,13,15H2,1H3/b22-14-. The molecule has 8 heteroatoms. The van der Waals surface area contributed by atoms with Gasteiger partial charge in [-0.15, -0.1) is 0 Å². The van der Waals surface area contributed by atoms with Crippen molar-refractivity contribution in [1.82, 2.24) is 4.90 Å². The number of nitro groups is 1. The summed E-state index contributed by atoms with van der Waals surface area (Å²) in [5.74, 6) is 0.264. The first-order valence-corrected chi connectivity index (χ1v) is 10.9. The van der Waals surface area contributed by atoms with Crippen molar-refractivity contribution >= 4 is 45.4 Å². The Morgan fingerprint density at radius 2 is 1.81 bits per heavy atom. The lowest BCUT2D eigenvalue weighted by Gasteiger charge is -2.13. The number of benzene rings is 3. The van der Waals surface area contributed by atoms with Crippen LogP contribution in [0.15, 0.2) is 65.6 Å². The van der Waals surface area contributed by atoms with Crippen molar-refractivity contribution in [3.8, 4) is 5.75 Å². The lowest BCUT2D eigenvalue weighted by molar-refractivity contribution is -0.384. The van der Waals surface area contributed by atoms with E-state index in [9.17, 15) is 19.7 Å². The van der Waals surface area contributed by atoms with E-state index in [0.29, 0.717) is 22.8 Å². The van der Waals surface area contributed by atoms with Gasteiger partial charge in [-0.2, -0.15) is 0 Å². The summed E-state index contributed by atoms with van der Waals surface area (Å²) in [4.78, 5) is 37.4. The molecule has 162 valence electrons. The molecule has 1 heterocycles. The van der Waals surface area contributed by atoms with Crippen molar-refractivity contribution in [1.29, 1.82) is 0 Å². The second kappa shape index (κ2) is 9.23. The third-order valence-electron chi connectivity index (χ3n) is 5.03. The van der Waals surface area contributed by atoms with Crippen LogP contribution >= 0.6 is 11.8 Å². The third-order valence-corrected chi connectivity index (χ3v) is 5.94. The van der Waals surface area contributed by atoms with Gasteiger partial charge in [0.25, 0.3) is 16.8 Å². The second-order valence-corrected chi connectivity index (χ2v) is 8.23. The van der Waals surface area contributed by atoms with Crippen LogP contribution in [0.5, 0.6) is 5.75 Å². The van der Waals surface area contributed by atoms with E-state index in [2.05, 4.69) is 0 Å². The van der Waals surface area contributed by atoms with Gasteiger partial charge < -0.3 is 4.74 Å². The van der Waals surface area contributed by atoms with Crippen molar-refractivity contribution in [3.63, 3.8) is 0 Å². The van der Waals surface area contributed by atoms with Crippen LogP contribution < -0.4 is 4.74 Å². The highest BCUT2D eigenvalue weighted by molar-refractivity contribution is 8.18. The largest absolute Gasteiger partial charge is 0.493 e. The molecule has 0 aromatic heterocycles. The molecule has 0 bridgehead atoms. The number of ether oxygens (including phenoxy) is 1. The minimum Gasteiger partial charge on any atom is -0.493 e. The van der Waals surface area contributed by atoms with E-state index in [1.807, 2.05) is 43.3 Å². The highest BCUT2D eigenvalue weighted by Gasteiger charge is 2.35. The first-order chi connectivity index (χ1) is 15.5. The van der Waals surface area contributed by atoms with Gasteiger partial charge in [-0.25, -0.2) is 0 Å². The van der Waals surface area contributed by atoms with Crippen LogP contribution in [0, 0.1) is 10.1 Å². The fourth-order valence-corrected chi connectivity index (χ4v) is 4.26. The topological polar surface area (TPSA) is 89.8 Å². The molecule has 7 nitrogen and oxygen atoms in total. The molecule has 1 saturated heterocycles. The van der Waals surface area contributed by atoms with Gasteiger partial charge in [0.15, 0.2) is 0 Å². The Balaban J connectivity index is 1.65. The number of carbonyl (C=O) groups excluding carboxylic acids is 2. The Labute approximate surface area is 188 Å². The number of hydrogen-bond donors (Lipinski definition) is 0. The number of carbonyl (C=O) groups is 2. The summed E-state index contributed by atoms with van der Waals surface area (Å²) in [7, 11) is 0. The van der Waals surface area contributed by atoms with Gasteiger partial charge in [-0.1, -0.05) is 49.4 Å². The van der Waals surface area contributed by atoms with Gasteiger partial charge in [0.2, 0.25) is 0 Å². The molecule has 0 unspecified atom stereocenters. The first-order valence-electron chi connectivity index (χ1n) is 10.1. The molecule has 32 heavy (non-hydrogen) atoms. The molecule has 2 amide bonds. The van der Waals surface area contributed by atoms with Gasteiger partial charge in [0.05, 0.1) is 23.0 Å². The van der Waals surface area contributed by atoms with Gasteiger partial charge in [-0.05, 0) is 46.7 Å². The van der Waals surface area contributed by atoms with Gasteiger partial charge in [0.1, 0.15) is 5.75 Å². The molecule has 3 aromatic carbocycles. The Morgan fingerprint density at radius 1 is 1.06 bits per heavy atom. The molecule has 3 aromatic rings. The molecule has 0 N–H and O–H groups in total. The molecular weight excluding hydrogens is 428 g/mol. The average molecular weight is 449 g/mol. The quantitative estimate of drug-likeness (QED) is 0.259. The van der Waals surface area contributed by atoms with Crippen molar-refractivity contribution in [2.24, 2.45) is 0 Å². The number of nitrogens with zero attached hydrogens (tertiary/aromatic N) is 2. The average Bonchev–Trinajstić information content (AvgIpc) is 3.06. The Bertz CT molecular complexity index is 1240. The maximum absolute atomic E-state index is 13.0. The molecule has 4 rings (SSSR count). The van der Waals surface area contributed by atoms with E-state index in [1.54, 1.807) is 18.2 Å². The summed E-state index contributed by atoms with van der Waals surface area (Å²) in [5.41, 5.74) is 1.35. The zero-order valence-electron chi connectivity index (χ0n) is 17.3. The summed E-state index contributed by atoms with van der Waals surface area (Å²) in [5, 5.41) is 12.4. The minimum atomic E-state index is -0.491. The highest BCUT2D eigenvalue weighted by atomic mass is 32.2. The van der Waals surface area contributed by atoms with Crippen LogP contribution in [0.3, 0.4) is 0 Å². The van der Waals surface area contributed by atoms with Crippen molar-refractivity contribution in [2.75, 3.05) is 6.61 Å². The number of nitro benzene ring substituents is 1. The van der Waals surface area contributed by atoms with Crippen LogP contribution in [0.25, 0.3) is 16.8 Å². The number of amides is 2. The van der Waals surface area contributed by atoms with Crippen molar-refractivity contribution < 1.29 is 19.2 Å². The molecule has 0 radical (unpaired) electrons. The Kier molecular flexibility index (Phi) is 6.23. The molecular formula is C24H20N2O5S. The second-order valence-electron chi connectivity index (χ2n) is 7.24. The predicted octanol–water partition coefficient (Wildman–Crippen LogP) is 5.77. The molecule has 0 saturated carbocycles. The molecule has 0 aliphatic carbocycles. The van der Waals surface area contributed by atoms with E-state index in [0.717, 1.165) is 39.4 Å². The van der Waals surface area contributed by atoms with Gasteiger partial charge >= 0.3 is 0 Å². The number of hydrogen-bond acceptors (Lipinski definition) is 6. The summed E-state index contributed by atoms with van der Waals surface area (Å²) < 4.78 is 5.90. The fraction of sp³-hybridized carbons (Fsp3) is 0.167. The zero-order chi connectivity index (χ0) is 22.7. The lowest BCUT2D eigenvalue weighted by Crippen LogP contribution is -2.27. The van der Waals surface area contributed by atoms with Gasteiger partial charge in [-0.3, -0.25) is 24.6 Å². The van der Waals surface area contributed by atoms with E-state index in [4.69, 9.17) is 4.74 Å².